The molecule has 3 aromatic rings. The fourth-order valence-corrected chi connectivity index (χ4v) is 5.67. The lowest BCUT2D eigenvalue weighted by Gasteiger charge is -2.34. The smallest absolute Gasteiger partial charge is 0.246 e. The molecule has 0 atom stereocenters. The molecule has 1 aliphatic heterocycles. The van der Waals surface area contributed by atoms with Crippen LogP contribution in [0, 0.1) is 0 Å². The molecule has 0 bridgehead atoms. The Morgan fingerprint density at radius 1 is 1.14 bits per heavy atom. The van der Waals surface area contributed by atoms with E-state index in [-0.39, 0.29) is 10.8 Å². The maximum absolute atomic E-state index is 12.4. The number of carbonyl (C=O) groups excluding carboxylic acids is 1. The van der Waals surface area contributed by atoms with E-state index in [0.717, 1.165) is 14.7 Å². The zero-order valence-corrected chi connectivity index (χ0v) is 17.7. The summed E-state index contributed by atoms with van der Waals surface area (Å²) in [5, 5.41) is 2.78. The first-order valence-corrected chi connectivity index (χ1v) is 12.4. The third-order valence-corrected chi connectivity index (χ3v) is 7.61. The summed E-state index contributed by atoms with van der Waals surface area (Å²) in [6.45, 7) is 2.57. The van der Waals surface area contributed by atoms with E-state index in [1.165, 1.54) is 17.6 Å². The average Bonchev–Trinajstić information content (AvgIpc) is 3.34. The van der Waals surface area contributed by atoms with Gasteiger partial charge in [0.25, 0.3) is 0 Å². The first-order chi connectivity index (χ1) is 13.4. The van der Waals surface area contributed by atoms with Gasteiger partial charge in [-0.05, 0) is 29.7 Å². The molecular formula is C19H19N3O3S3. The fraction of sp³-hybridized carbons (Fsp3) is 0.263. The Morgan fingerprint density at radius 2 is 1.93 bits per heavy atom. The zero-order valence-electron chi connectivity index (χ0n) is 15.2. The van der Waals surface area contributed by atoms with Gasteiger partial charge in [-0.2, -0.15) is 0 Å². The highest BCUT2D eigenvalue weighted by atomic mass is 32.2. The molecule has 6 nitrogen and oxygen atoms in total. The van der Waals surface area contributed by atoms with Gasteiger partial charge in [-0.15, -0.1) is 11.3 Å². The van der Waals surface area contributed by atoms with Crippen molar-refractivity contribution < 1.29 is 13.2 Å². The Bertz CT molecular complexity index is 1130. The third kappa shape index (κ3) is 3.96. The molecule has 4 rings (SSSR count). The minimum Gasteiger partial charge on any atom is -0.345 e. The molecule has 0 unspecified atom stereocenters. The van der Waals surface area contributed by atoms with Crippen molar-refractivity contribution in [3.8, 4) is 0 Å². The number of thiophene rings is 1. The molecule has 2 aromatic heterocycles. The summed E-state index contributed by atoms with van der Waals surface area (Å²) in [4.78, 5) is 22.2. The van der Waals surface area contributed by atoms with Gasteiger partial charge in [0.05, 0.1) is 9.60 Å². The minimum atomic E-state index is -3.33. The standard InChI is InChI=1S/C19H19N3O3S3/c1-28(24,25)16-6-2-5-15-18(16)20-19(27-15)22-11-9-21(10-12-22)17(23)8-7-14-4-3-13-26-14/h2-8,13H,9-12H2,1H3. The summed E-state index contributed by atoms with van der Waals surface area (Å²) in [6.07, 6.45) is 4.67. The minimum absolute atomic E-state index is 0.0108. The summed E-state index contributed by atoms with van der Waals surface area (Å²) < 4.78 is 24.9. The van der Waals surface area contributed by atoms with Crippen LogP contribution in [-0.4, -0.2) is 56.6 Å². The number of hydrogen-bond donors (Lipinski definition) is 0. The lowest BCUT2D eigenvalue weighted by molar-refractivity contribution is -0.126. The number of thiazole rings is 1. The van der Waals surface area contributed by atoms with Crippen LogP contribution in [0.15, 0.2) is 46.7 Å². The molecule has 1 amide bonds. The van der Waals surface area contributed by atoms with Crippen LogP contribution in [0.3, 0.4) is 0 Å². The number of para-hydroxylation sites is 1. The number of hydrogen-bond acceptors (Lipinski definition) is 7. The largest absolute Gasteiger partial charge is 0.345 e. The van der Waals surface area contributed by atoms with Crippen LogP contribution in [0.5, 0.6) is 0 Å². The number of sulfone groups is 1. The van der Waals surface area contributed by atoms with Gasteiger partial charge < -0.3 is 9.80 Å². The van der Waals surface area contributed by atoms with Crippen molar-refractivity contribution in [1.29, 1.82) is 0 Å². The van der Waals surface area contributed by atoms with Gasteiger partial charge in [0.2, 0.25) is 5.91 Å². The van der Waals surface area contributed by atoms with E-state index in [2.05, 4.69) is 9.88 Å². The second kappa shape index (κ2) is 7.65. The fourth-order valence-electron chi connectivity index (χ4n) is 3.11. The molecule has 1 saturated heterocycles. The molecule has 0 aliphatic carbocycles. The van der Waals surface area contributed by atoms with Gasteiger partial charge in [-0.1, -0.05) is 23.5 Å². The highest BCUT2D eigenvalue weighted by molar-refractivity contribution is 7.91. The molecule has 28 heavy (non-hydrogen) atoms. The quantitative estimate of drug-likeness (QED) is 0.591. The van der Waals surface area contributed by atoms with Crippen molar-refractivity contribution in [2.75, 3.05) is 37.3 Å². The Morgan fingerprint density at radius 3 is 2.61 bits per heavy atom. The van der Waals surface area contributed by atoms with Crippen molar-refractivity contribution in [2.45, 2.75) is 4.90 Å². The Balaban J connectivity index is 1.46. The highest BCUT2D eigenvalue weighted by Crippen LogP contribution is 2.33. The number of piperazine rings is 1. The van der Waals surface area contributed by atoms with E-state index in [4.69, 9.17) is 0 Å². The van der Waals surface area contributed by atoms with Crippen LogP contribution in [0.2, 0.25) is 0 Å². The molecule has 0 N–H and O–H groups in total. The van der Waals surface area contributed by atoms with E-state index in [1.807, 2.05) is 34.6 Å². The zero-order chi connectivity index (χ0) is 19.7. The Kier molecular flexibility index (Phi) is 5.22. The van der Waals surface area contributed by atoms with Gasteiger partial charge in [0.1, 0.15) is 5.52 Å². The van der Waals surface area contributed by atoms with E-state index >= 15 is 0 Å². The number of amides is 1. The van der Waals surface area contributed by atoms with E-state index in [1.54, 1.807) is 29.5 Å². The molecule has 9 heteroatoms. The van der Waals surface area contributed by atoms with Crippen molar-refractivity contribution >= 4 is 59.8 Å². The Hall–Kier alpha value is -2.23. The van der Waals surface area contributed by atoms with Crippen molar-refractivity contribution in [1.82, 2.24) is 9.88 Å². The predicted molar refractivity (Wildman–Crippen MR) is 115 cm³/mol. The average molecular weight is 434 g/mol. The van der Waals surface area contributed by atoms with Crippen LogP contribution >= 0.6 is 22.7 Å². The van der Waals surface area contributed by atoms with Crippen molar-refractivity contribution in [3.05, 3.63) is 46.7 Å². The SMILES string of the molecule is CS(=O)(=O)c1cccc2sc(N3CCN(C(=O)C=Cc4cccs4)CC3)nc12. The maximum atomic E-state index is 12.4. The molecule has 0 saturated carbocycles. The van der Waals surface area contributed by atoms with Gasteiger partial charge in [-0.25, -0.2) is 13.4 Å². The summed E-state index contributed by atoms with van der Waals surface area (Å²) in [5.74, 6) is 0.0108. The van der Waals surface area contributed by atoms with Gasteiger partial charge in [0.15, 0.2) is 15.0 Å². The first kappa shape index (κ1) is 19.1. The normalized spacial score (nSPS) is 15.6. The van der Waals surface area contributed by atoms with Gasteiger partial charge >= 0.3 is 0 Å². The third-order valence-electron chi connectivity index (χ3n) is 4.57. The van der Waals surface area contributed by atoms with Crippen LogP contribution in [0.4, 0.5) is 5.13 Å². The number of aromatic nitrogens is 1. The number of anilines is 1. The van der Waals surface area contributed by atoms with Gasteiger partial charge in [-0.3, -0.25) is 4.79 Å². The maximum Gasteiger partial charge on any atom is 0.246 e. The molecule has 1 aliphatic rings. The number of rotatable bonds is 4. The first-order valence-electron chi connectivity index (χ1n) is 8.77. The van der Waals surface area contributed by atoms with Crippen LogP contribution < -0.4 is 4.90 Å². The molecule has 0 radical (unpaired) electrons. The molecule has 146 valence electrons. The molecule has 1 aromatic carbocycles. The summed E-state index contributed by atoms with van der Waals surface area (Å²) in [7, 11) is -3.33. The predicted octanol–water partition coefficient (Wildman–Crippen LogP) is 3.12. The number of nitrogens with zero attached hydrogens (tertiary/aromatic N) is 3. The van der Waals surface area contributed by atoms with Crippen LogP contribution in [-0.2, 0) is 14.6 Å². The van der Waals surface area contributed by atoms with Crippen LogP contribution in [0.25, 0.3) is 16.3 Å². The number of fused-ring (bicyclic) bond motifs is 1. The molecule has 3 heterocycles. The van der Waals surface area contributed by atoms with E-state index in [0.29, 0.717) is 31.7 Å². The summed E-state index contributed by atoms with van der Waals surface area (Å²) >= 11 is 3.09. The monoisotopic (exact) mass is 433 g/mol. The summed E-state index contributed by atoms with van der Waals surface area (Å²) in [6, 6.07) is 9.17. The van der Waals surface area contributed by atoms with Crippen LogP contribution in [0.1, 0.15) is 4.88 Å². The lowest BCUT2D eigenvalue weighted by Crippen LogP contribution is -2.48. The molecule has 0 spiro atoms. The topological polar surface area (TPSA) is 70.6 Å². The highest BCUT2D eigenvalue weighted by Gasteiger charge is 2.23. The lowest BCUT2D eigenvalue weighted by atomic mass is 10.3. The van der Waals surface area contributed by atoms with Crippen molar-refractivity contribution in [2.24, 2.45) is 0 Å². The molecular weight excluding hydrogens is 414 g/mol. The molecule has 1 fully saturated rings. The second-order valence-corrected chi connectivity index (χ2v) is 10.5. The van der Waals surface area contributed by atoms with E-state index in [9.17, 15) is 13.2 Å². The van der Waals surface area contributed by atoms with Crippen molar-refractivity contribution in [3.63, 3.8) is 0 Å². The second-order valence-electron chi connectivity index (χ2n) is 6.53. The van der Waals surface area contributed by atoms with E-state index < -0.39 is 9.84 Å². The Labute approximate surface area is 171 Å². The summed E-state index contributed by atoms with van der Waals surface area (Å²) in [5.41, 5.74) is 0.530. The number of carbonyl (C=O) groups is 1. The van der Waals surface area contributed by atoms with Gasteiger partial charge in [0, 0.05) is 43.4 Å². The number of benzene rings is 1.